The van der Waals surface area contributed by atoms with Gasteiger partial charge in [-0.3, -0.25) is 5.84 Å². The van der Waals surface area contributed by atoms with Gasteiger partial charge in [0.25, 0.3) is 0 Å². The molecule has 0 saturated heterocycles. The molecule has 0 saturated carbocycles. The van der Waals surface area contributed by atoms with Crippen LogP contribution in [0.1, 0.15) is 17.5 Å². The highest BCUT2D eigenvalue weighted by Crippen LogP contribution is 2.28. The molecule has 3 aromatic rings. The molecule has 0 radical (unpaired) electrons. The Bertz CT molecular complexity index is 718. The maximum Gasteiger partial charge on any atom is 0.134 e. The summed E-state index contributed by atoms with van der Waals surface area (Å²) in [5.41, 5.74) is 4.30. The third kappa shape index (κ3) is 2.23. The molecule has 0 bridgehead atoms. The number of benzene rings is 1. The summed E-state index contributed by atoms with van der Waals surface area (Å²) in [6.45, 7) is 0. The van der Waals surface area contributed by atoms with E-state index in [1.54, 1.807) is 12.4 Å². The molecule has 1 unspecified atom stereocenters. The Labute approximate surface area is 114 Å². The van der Waals surface area contributed by atoms with E-state index in [9.17, 15) is 0 Å². The molecule has 1 atom stereocenters. The largest absolute Gasteiger partial charge is 0.459 e. The molecule has 0 spiro atoms. The van der Waals surface area contributed by atoms with E-state index in [1.165, 1.54) is 0 Å². The highest BCUT2D eigenvalue weighted by Gasteiger charge is 2.19. The van der Waals surface area contributed by atoms with Crippen molar-refractivity contribution in [1.82, 2.24) is 15.0 Å². The van der Waals surface area contributed by atoms with Crippen molar-refractivity contribution >= 4 is 22.6 Å². The summed E-state index contributed by atoms with van der Waals surface area (Å²) in [5.74, 6) is 6.32. The van der Waals surface area contributed by atoms with E-state index in [1.807, 2.05) is 36.0 Å². The zero-order valence-electron chi connectivity index (χ0n) is 10.3. The molecule has 0 fully saturated rings. The average Bonchev–Trinajstić information content (AvgIpc) is 2.96. The molecule has 3 rings (SSSR count). The lowest BCUT2D eigenvalue weighted by Gasteiger charge is -2.09. The molecule has 98 valence electrons. The SMILES string of the molecule is Cn1cnc(C(NN)c2cc3cc(Cl)ccc3o2)c1. The molecule has 0 amide bonds. The first-order valence-corrected chi connectivity index (χ1v) is 6.18. The van der Waals surface area contributed by atoms with Gasteiger partial charge >= 0.3 is 0 Å². The van der Waals surface area contributed by atoms with Crippen LogP contribution in [0.15, 0.2) is 41.2 Å². The van der Waals surface area contributed by atoms with Crippen LogP contribution in [0.5, 0.6) is 0 Å². The summed E-state index contributed by atoms with van der Waals surface area (Å²) < 4.78 is 7.65. The second kappa shape index (κ2) is 4.70. The monoisotopic (exact) mass is 276 g/mol. The van der Waals surface area contributed by atoms with Crippen LogP contribution in [-0.4, -0.2) is 9.55 Å². The second-order valence-electron chi connectivity index (χ2n) is 4.39. The number of nitrogens with one attached hydrogen (secondary N) is 1. The van der Waals surface area contributed by atoms with E-state index in [2.05, 4.69) is 10.4 Å². The van der Waals surface area contributed by atoms with Gasteiger partial charge < -0.3 is 8.98 Å². The Hall–Kier alpha value is -1.82. The van der Waals surface area contributed by atoms with Crippen LogP contribution in [0, 0.1) is 0 Å². The molecule has 0 aliphatic heterocycles. The van der Waals surface area contributed by atoms with E-state index in [-0.39, 0.29) is 6.04 Å². The van der Waals surface area contributed by atoms with Crippen LogP contribution in [0.2, 0.25) is 5.02 Å². The fourth-order valence-electron chi connectivity index (χ4n) is 2.07. The number of halogens is 1. The molecule has 2 aromatic heterocycles. The van der Waals surface area contributed by atoms with E-state index in [4.69, 9.17) is 21.9 Å². The average molecular weight is 277 g/mol. The lowest BCUT2D eigenvalue weighted by Crippen LogP contribution is -2.28. The highest BCUT2D eigenvalue weighted by molar-refractivity contribution is 6.31. The van der Waals surface area contributed by atoms with Gasteiger partial charge in [-0.05, 0) is 24.3 Å². The molecule has 6 heteroatoms. The van der Waals surface area contributed by atoms with Crippen LogP contribution < -0.4 is 11.3 Å². The Morgan fingerprint density at radius 3 is 2.95 bits per heavy atom. The van der Waals surface area contributed by atoms with Crippen LogP contribution in [0.3, 0.4) is 0 Å². The summed E-state index contributed by atoms with van der Waals surface area (Å²) in [7, 11) is 1.91. The Balaban J connectivity index is 2.06. The fourth-order valence-corrected chi connectivity index (χ4v) is 2.25. The lowest BCUT2D eigenvalue weighted by atomic mass is 10.1. The highest BCUT2D eigenvalue weighted by atomic mass is 35.5. The van der Waals surface area contributed by atoms with Crippen LogP contribution in [-0.2, 0) is 7.05 Å². The number of aryl methyl sites for hydroxylation is 1. The predicted molar refractivity (Wildman–Crippen MR) is 73.6 cm³/mol. The van der Waals surface area contributed by atoms with Gasteiger partial charge in [0.2, 0.25) is 0 Å². The molecule has 0 aliphatic rings. The second-order valence-corrected chi connectivity index (χ2v) is 4.83. The smallest absolute Gasteiger partial charge is 0.134 e. The Morgan fingerprint density at radius 2 is 2.26 bits per heavy atom. The number of furan rings is 1. The van der Waals surface area contributed by atoms with Crippen molar-refractivity contribution in [2.75, 3.05) is 0 Å². The minimum absolute atomic E-state index is 0.285. The number of hydrogen-bond donors (Lipinski definition) is 2. The molecule has 2 heterocycles. The van der Waals surface area contributed by atoms with Gasteiger partial charge in [0.1, 0.15) is 17.4 Å². The zero-order valence-corrected chi connectivity index (χ0v) is 11.1. The topological polar surface area (TPSA) is 69.0 Å². The number of aromatic nitrogens is 2. The first kappa shape index (κ1) is 12.2. The zero-order chi connectivity index (χ0) is 13.4. The summed E-state index contributed by atoms with van der Waals surface area (Å²) >= 11 is 5.96. The number of imidazole rings is 1. The van der Waals surface area contributed by atoms with Crippen molar-refractivity contribution < 1.29 is 4.42 Å². The van der Waals surface area contributed by atoms with Crippen LogP contribution in [0.25, 0.3) is 11.0 Å². The Morgan fingerprint density at radius 1 is 1.42 bits per heavy atom. The summed E-state index contributed by atoms with van der Waals surface area (Å²) in [6, 6.07) is 7.12. The Kier molecular flexibility index (Phi) is 3.02. The van der Waals surface area contributed by atoms with Gasteiger partial charge in [0, 0.05) is 23.7 Å². The van der Waals surface area contributed by atoms with Crippen molar-refractivity contribution in [2.45, 2.75) is 6.04 Å². The first-order chi connectivity index (χ1) is 9.17. The van der Waals surface area contributed by atoms with Gasteiger partial charge in [0.15, 0.2) is 0 Å². The predicted octanol–water partition coefficient (Wildman–Crippen LogP) is 2.37. The summed E-state index contributed by atoms with van der Waals surface area (Å²) in [4.78, 5) is 4.29. The minimum Gasteiger partial charge on any atom is -0.459 e. The molecule has 0 aliphatic carbocycles. The van der Waals surface area contributed by atoms with Crippen molar-refractivity contribution in [3.8, 4) is 0 Å². The van der Waals surface area contributed by atoms with Gasteiger partial charge in [0.05, 0.1) is 12.0 Å². The van der Waals surface area contributed by atoms with Gasteiger partial charge in [-0.15, -0.1) is 0 Å². The normalized spacial score (nSPS) is 13.0. The number of nitrogens with zero attached hydrogens (tertiary/aromatic N) is 2. The lowest BCUT2D eigenvalue weighted by molar-refractivity contribution is 0.472. The number of fused-ring (bicyclic) bond motifs is 1. The molecule has 3 N–H and O–H groups in total. The van der Waals surface area contributed by atoms with E-state index >= 15 is 0 Å². The first-order valence-electron chi connectivity index (χ1n) is 5.80. The van der Waals surface area contributed by atoms with Crippen LogP contribution >= 0.6 is 11.6 Å². The van der Waals surface area contributed by atoms with Gasteiger partial charge in [-0.2, -0.15) is 0 Å². The summed E-state index contributed by atoms with van der Waals surface area (Å²) in [6.07, 6.45) is 3.61. The van der Waals surface area contributed by atoms with E-state index in [0.717, 1.165) is 16.7 Å². The quantitative estimate of drug-likeness (QED) is 0.569. The molecular formula is C13H13ClN4O. The molecule has 5 nitrogen and oxygen atoms in total. The third-order valence-electron chi connectivity index (χ3n) is 2.97. The molecular weight excluding hydrogens is 264 g/mol. The third-order valence-corrected chi connectivity index (χ3v) is 3.20. The number of hydrogen-bond acceptors (Lipinski definition) is 4. The summed E-state index contributed by atoms with van der Waals surface area (Å²) in [5, 5.41) is 1.62. The van der Waals surface area contributed by atoms with Crippen molar-refractivity contribution in [3.63, 3.8) is 0 Å². The van der Waals surface area contributed by atoms with Gasteiger partial charge in [-0.1, -0.05) is 11.6 Å². The van der Waals surface area contributed by atoms with E-state index in [0.29, 0.717) is 10.8 Å². The van der Waals surface area contributed by atoms with Crippen molar-refractivity contribution in [1.29, 1.82) is 0 Å². The molecule has 1 aromatic carbocycles. The van der Waals surface area contributed by atoms with Crippen molar-refractivity contribution in [3.05, 3.63) is 53.3 Å². The number of nitrogens with two attached hydrogens (primary N) is 1. The van der Waals surface area contributed by atoms with Crippen molar-refractivity contribution in [2.24, 2.45) is 12.9 Å². The standard InChI is InChI=1S/C13H13ClN4O/c1-18-6-10(16-7-18)13(17-15)12-5-8-4-9(14)2-3-11(8)19-12/h2-7,13,17H,15H2,1H3. The fraction of sp³-hybridized carbons (Fsp3) is 0.154. The molecule has 19 heavy (non-hydrogen) atoms. The minimum atomic E-state index is -0.285. The van der Waals surface area contributed by atoms with Crippen LogP contribution in [0.4, 0.5) is 0 Å². The maximum absolute atomic E-state index is 5.96. The van der Waals surface area contributed by atoms with E-state index < -0.39 is 0 Å². The number of hydrazine groups is 1. The maximum atomic E-state index is 5.96. The van der Waals surface area contributed by atoms with Gasteiger partial charge in [-0.25, -0.2) is 10.4 Å². The number of rotatable bonds is 3.